The molecule has 0 atom stereocenters. The van der Waals surface area contributed by atoms with E-state index in [0.717, 1.165) is 22.6 Å². The van der Waals surface area contributed by atoms with Gasteiger partial charge in [-0.25, -0.2) is 4.39 Å². The quantitative estimate of drug-likeness (QED) is 0.866. The number of hydrogen-bond donors (Lipinski definition) is 0. The fourth-order valence-electron chi connectivity index (χ4n) is 2.62. The van der Waals surface area contributed by atoms with Gasteiger partial charge < -0.3 is 9.64 Å². The zero-order valence-electron chi connectivity index (χ0n) is 11.8. The highest BCUT2D eigenvalue weighted by Gasteiger charge is 2.24. The number of carbonyl (C=O) groups is 1. The van der Waals surface area contributed by atoms with Crippen molar-refractivity contribution >= 4 is 11.6 Å². The summed E-state index contributed by atoms with van der Waals surface area (Å²) in [5, 5.41) is 0. The van der Waals surface area contributed by atoms with Crippen LogP contribution in [0.4, 0.5) is 10.1 Å². The van der Waals surface area contributed by atoms with Crippen LogP contribution in [-0.2, 0) is 17.8 Å². The second-order valence-corrected chi connectivity index (χ2v) is 5.10. The molecule has 1 aliphatic rings. The molecule has 2 aromatic carbocycles. The highest BCUT2D eigenvalue weighted by molar-refractivity contribution is 5.96. The second kappa shape index (κ2) is 5.56. The van der Waals surface area contributed by atoms with Crippen molar-refractivity contribution < 1.29 is 13.9 Å². The molecule has 1 amide bonds. The summed E-state index contributed by atoms with van der Waals surface area (Å²) in [6.45, 7) is 0.488. The predicted octanol–water partition coefficient (Wildman–Crippen LogP) is 3.31. The summed E-state index contributed by atoms with van der Waals surface area (Å²) >= 11 is 0. The average molecular weight is 285 g/mol. The highest BCUT2D eigenvalue weighted by atomic mass is 19.1. The van der Waals surface area contributed by atoms with Gasteiger partial charge in [0.15, 0.2) is 0 Å². The minimum absolute atomic E-state index is 0.0740. The lowest BCUT2D eigenvalue weighted by molar-refractivity contribution is -0.119. The normalized spacial score (nSPS) is 14.0. The molecular formula is C17H16FNO2. The Hall–Kier alpha value is -2.36. The van der Waals surface area contributed by atoms with E-state index in [1.165, 1.54) is 12.1 Å². The van der Waals surface area contributed by atoms with Gasteiger partial charge in [-0.2, -0.15) is 0 Å². The van der Waals surface area contributed by atoms with Gasteiger partial charge in [0, 0.05) is 12.1 Å². The Kier molecular flexibility index (Phi) is 3.60. The summed E-state index contributed by atoms with van der Waals surface area (Å²) in [6.07, 6.45) is 1.03. The topological polar surface area (TPSA) is 29.5 Å². The molecule has 108 valence electrons. The lowest BCUT2D eigenvalue weighted by Gasteiger charge is -2.29. The van der Waals surface area contributed by atoms with Crippen molar-refractivity contribution in [2.45, 2.75) is 19.4 Å². The van der Waals surface area contributed by atoms with Gasteiger partial charge in [0.2, 0.25) is 5.91 Å². The van der Waals surface area contributed by atoms with E-state index in [4.69, 9.17) is 4.74 Å². The maximum absolute atomic E-state index is 13.3. The predicted molar refractivity (Wildman–Crippen MR) is 78.9 cm³/mol. The Morgan fingerprint density at radius 3 is 2.62 bits per heavy atom. The van der Waals surface area contributed by atoms with Crippen LogP contribution in [-0.4, -0.2) is 13.0 Å². The zero-order chi connectivity index (χ0) is 14.8. The van der Waals surface area contributed by atoms with Crippen molar-refractivity contribution in [3.8, 4) is 5.75 Å². The molecule has 0 saturated carbocycles. The van der Waals surface area contributed by atoms with E-state index in [2.05, 4.69) is 0 Å². The highest BCUT2D eigenvalue weighted by Crippen LogP contribution is 2.30. The first-order valence-electron chi connectivity index (χ1n) is 6.89. The number of benzene rings is 2. The van der Waals surface area contributed by atoms with Gasteiger partial charge in [-0.05, 0) is 47.9 Å². The Labute approximate surface area is 123 Å². The Balaban J connectivity index is 1.89. The lowest BCUT2D eigenvalue weighted by atomic mass is 10.0. The molecule has 0 radical (unpaired) electrons. The molecule has 3 nitrogen and oxygen atoms in total. The van der Waals surface area contributed by atoms with E-state index in [0.29, 0.717) is 19.4 Å². The van der Waals surface area contributed by atoms with Crippen LogP contribution in [0.25, 0.3) is 0 Å². The molecule has 0 aromatic heterocycles. The number of anilines is 1. The first-order chi connectivity index (χ1) is 10.2. The molecule has 0 bridgehead atoms. The van der Waals surface area contributed by atoms with Crippen LogP contribution in [0.5, 0.6) is 5.75 Å². The number of fused-ring (bicyclic) bond motifs is 1. The number of ether oxygens (including phenoxy) is 1. The molecule has 2 aromatic rings. The molecule has 1 heterocycles. The summed E-state index contributed by atoms with van der Waals surface area (Å²) in [6, 6.07) is 12.2. The fraction of sp³-hybridized carbons (Fsp3) is 0.235. The summed E-state index contributed by atoms with van der Waals surface area (Å²) < 4.78 is 18.4. The number of methoxy groups -OCH3 is 1. The summed E-state index contributed by atoms with van der Waals surface area (Å²) in [4.78, 5) is 13.9. The minimum atomic E-state index is -0.257. The number of rotatable bonds is 3. The standard InChI is InChI=1S/C17H16FNO2/c1-21-15-6-2-12(3-7-15)11-19-16-8-5-14(18)10-13(16)4-9-17(19)20/h2-3,5-8,10H,4,9,11H2,1H3. The molecule has 0 saturated heterocycles. The number of hydrogen-bond acceptors (Lipinski definition) is 2. The van der Waals surface area contributed by atoms with Crippen molar-refractivity contribution in [2.24, 2.45) is 0 Å². The van der Waals surface area contributed by atoms with E-state index >= 15 is 0 Å². The van der Waals surface area contributed by atoms with Crippen LogP contribution in [0, 0.1) is 5.82 Å². The molecule has 3 rings (SSSR count). The third kappa shape index (κ3) is 2.75. The van der Waals surface area contributed by atoms with Gasteiger partial charge in [0.1, 0.15) is 11.6 Å². The Morgan fingerprint density at radius 2 is 1.90 bits per heavy atom. The van der Waals surface area contributed by atoms with E-state index in [1.54, 1.807) is 18.1 Å². The zero-order valence-corrected chi connectivity index (χ0v) is 11.8. The van der Waals surface area contributed by atoms with Crippen molar-refractivity contribution in [1.29, 1.82) is 0 Å². The summed E-state index contributed by atoms with van der Waals surface area (Å²) in [7, 11) is 1.62. The number of halogens is 1. The minimum Gasteiger partial charge on any atom is -0.497 e. The van der Waals surface area contributed by atoms with Crippen molar-refractivity contribution in [3.05, 3.63) is 59.4 Å². The number of amides is 1. The maximum atomic E-state index is 13.3. The van der Waals surface area contributed by atoms with Crippen molar-refractivity contribution in [1.82, 2.24) is 0 Å². The SMILES string of the molecule is COc1ccc(CN2C(=O)CCc3cc(F)ccc32)cc1. The van der Waals surface area contributed by atoms with E-state index in [-0.39, 0.29) is 11.7 Å². The average Bonchev–Trinajstić information content (AvgIpc) is 2.51. The van der Waals surface area contributed by atoms with Crippen LogP contribution < -0.4 is 9.64 Å². The number of nitrogens with zero attached hydrogens (tertiary/aromatic N) is 1. The van der Waals surface area contributed by atoms with E-state index in [9.17, 15) is 9.18 Å². The van der Waals surface area contributed by atoms with Crippen LogP contribution in [0.1, 0.15) is 17.5 Å². The third-order valence-corrected chi connectivity index (χ3v) is 3.74. The number of carbonyl (C=O) groups excluding carboxylic acids is 1. The molecule has 0 spiro atoms. The molecule has 0 N–H and O–H groups in total. The molecule has 0 fully saturated rings. The lowest BCUT2D eigenvalue weighted by Crippen LogP contribution is -2.34. The van der Waals surface area contributed by atoms with Gasteiger partial charge in [0.25, 0.3) is 0 Å². The maximum Gasteiger partial charge on any atom is 0.227 e. The fourth-order valence-corrected chi connectivity index (χ4v) is 2.62. The molecule has 0 aliphatic carbocycles. The van der Waals surface area contributed by atoms with Gasteiger partial charge in [-0.3, -0.25) is 4.79 Å². The van der Waals surface area contributed by atoms with Gasteiger partial charge >= 0.3 is 0 Å². The largest absolute Gasteiger partial charge is 0.497 e. The monoisotopic (exact) mass is 285 g/mol. The molecular weight excluding hydrogens is 269 g/mol. The Morgan fingerprint density at radius 1 is 1.14 bits per heavy atom. The van der Waals surface area contributed by atoms with Crippen molar-refractivity contribution in [2.75, 3.05) is 12.0 Å². The van der Waals surface area contributed by atoms with Gasteiger partial charge in [-0.1, -0.05) is 12.1 Å². The molecule has 4 heteroatoms. The molecule has 1 aliphatic heterocycles. The summed E-state index contributed by atoms with van der Waals surface area (Å²) in [5.74, 6) is 0.601. The van der Waals surface area contributed by atoms with E-state index in [1.807, 2.05) is 24.3 Å². The molecule has 21 heavy (non-hydrogen) atoms. The summed E-state index contributed by atoms with van der Waals surface area (Å²) in [5.41, 5.74) is 2.72. The Bertz CT molecular complexity index is 667. The van der Waals surface area contributed by atoms with Crippen LogP contribution in [0.3, 0.4) is 0 Å². The second-order valence-electron chi connectivity index (χ2n) is 5.10. The smallest absolute Gasteiger partial charge is 0.227 e. The molecule has 0 unspecified atom stereocenters. The first-order valence-corrected chi connectivity index (χ1v) is 6.89. The van der Waals surface area contributed by atoms with Gasteiger partial charge in [-0.15, -0.1) is 0 Å². The van der Waals surface area contributed by atoms with Gasteiger partial charge in [0.05, 0.1) is 13.7 Å². The van der Waals surface area contributed by atoms with E-state index < -0.39 is 0 Å². The first kappa shape index (κ1) is 13.6. The van der Waals surface area contributed by atoms with Crippen LogP contribution in [0.15, 0.2) is 42.5 Å². The van der Waals surface area contributed by atoms with Crippen LogP contribution in [0.2, 0.25) is 0 Å². The number of aryl methyl sites for hydroxylation is 1. The third-order valence-electron chi connectivity index (χ3n) is 3.74. The van der Waals surface area contributed by atoms with Crippen molar-refractivity contribution in [3.63, 3.8) is 0 Å². The van der Waals surface area contributed by atoms with Crippen LogP contribution >= 0.6 is 0 Å².